The molecule has 0 aromatic carbocycles. The van der Waals surface area contributed by atoms with Gasteiger partial charge in [-0.25, -0.2) is 0 Å². The van der Waals surface area contributed by atoms with Crippen molar-refractivity contribution in [3.05, 3.63) is 0 Å². The Kier molecular flexibility index (Phi) is 4.19. The molecule has 0 saturated heterocycles. The van der Waals surface area contributed by atoms with Gasteiger partial charge < -0.3 is 10.6 Å². The molecular weight excluding hydrogens is 185 g/mol. The third-order valence-electron chi connectivity index (χ3n) is 1.34. The van der Waals surface area contributed by atoms with Gasteiger partial charge in [0.15, 0.2) is 0 Å². The SMILES string of the molecule is CC(N)CN(C)C(=O)CC(F)(F)F. The first-order valence-electron chi connectivity index (χ1n) is 3.78. The quantitative estimate of drug-likeness (QED) is 0.727. The third-order valence-corrected chi connectivity index (χ3v) is 1.34. The molecule has 0 saturated carbocycles. The molecule has 2 N–H and O–H groups in total. The van der Waals surface area contributed by atoms with Gasteiger partial charge in [-0.1, -0.05) is 0 Å². The lowest BCUT2D eigenvalue weighted by molar-refractivity contribution is -0.160. The summed E-state index contributed by atoms with van der Waals surface area (Å²) in [5.74, 6) is -0.954. The highest BCUT2D eigenvalue weighted by Gasteiger charge is 2.32. The minimum absolute atomic E-state index is 0.134. The monoisotopic (exact) mass is 198 g/mol. The fourth-order valence-electron chi connectivity index (χ4n) is 0.840. The highest BCUT2D eigenvalue weighted by molar-refractivity contribution is 5.76. The van der Waals surface area contributed by atoms with Crippen LogP contribution in [-0.2, 0) is 4.79 Å². The van der Waals surface area contributed by atoms with Gasteiger partial charge in [0, 0.05) is 19.6 Å². The summed E-state index contributed by atoms with van der Waals surface area (Å²) in [5.41, 5.74) is 5.32. The molecule has 0 aliphatic rings. The maximum atomic E-state index is 11.7. The first-order chi connectivity index (χ1) is 5.72. The number of nitrogens with zero attached hydrogens (tertiary/aromatic N) is 1. The summed E-state index contributed by atoms with van der Waals surface area (Å²) in [6.45, 7) is 1.76. The van der Waals surface area contributed by atoms with Crippen LogP contribution >= 0.6 is 0 Å². The van der Waals surface area contributed by atoms with Crippen molar-refractivity contribution < 1.29 is 18.0 Å². The molecule has 0 spiro atoms. The fraction of sp³-hybridized carbons (Fsp3) is 0.857. The van der Waals surface area contributed by atoms with E-state index in [2.05, 4.69) is 0 Å². The fourth-order valence-corrected chi connectivity index (χ4v) is 0.840. The van der Waals surface area contributed by atoms with Crippen molar-refractivity contribution in [1.29, 1.82) is 0 Å². The number of hydrogen-bond donors (Lipinski definition) is 1. The van der Waals surface area contributed by atoms with E-state index in [0.717, 1.165) is 4.90 Å². The van der Waals surface area contributed by atoms with Crippen LogP contribution in [0, 0.1) is 0 Å². The van der Waals surface area contributed by atoms with Crippen LogP contribution in [0.5, 0.6) is 0 Å². The molecule has 0 aromatic heterocycles. The average molecular weight is 198 g/mol. The Hall–Kier alpha value is -0.780. The molecule has 6 heteroatoms. The topological polar surface area (TPSA) is 46.3 Å². The van der Waals surface area contributed by atoms with Crippen LogP contribution in [0.1, 0.15) is 13.3 Å². The van der Waals surface area contributed by atoms with Gasteiger partial charge in [0.2, 0.25) is 5.91 Å². The van der Waals surface area contributed by atoms with Crippen molar-refractivity contribution in [2.45, 2.75) is 25.6 Å². The first-order valence-corrected chi connectivity index (χ1v) is 3.78. The predicted molar refractivity (Wildman–Crippen MR) is 42.0 cm³/mol. The predicted octanol–water partition coefficient (Wildman–Crippen LogP) is 0.744. The molecule has 1 amide bonds. The van der Waals surface area contributed by atoms with Crippen LogP contribution in [0.2, 0.25) is 0 Å². The number of hydrogen-bond acceptors (Lipinski definition) is 2. The molecule has 0 radical (unpaired) electrons. The van der Waals surface area contributed by atoms with Gasteiger partial charge in [-0.3, -0.25) is 4.79 Å². The lowest BCUT2D eigenvalue weighted by Gasteiger charge is -2.19. The molecule has 3 nitrogen and oxygen atoms in total. The maximum Gasteiger partial charge on any atom is 0.397 e. The van der Waals surface area contributed by atoms with Crippen molar-refractivity contribution in [1.82, 2.24) is 4.90 Å². The zero-order valence-electron chi connectivity index (χ0n) is 7.56. The summed E-state index contributed by atoms with van der Waals surface area (Å²) >= 11 is 0. The molecule has 0 aromatic rings. The van der Waals surface area contributed by atoms with Crippen LogP contribution < -0.4 is 5.73 Å². The van der Waals surface area contributed by atoms with Gasteiger partial charge in [-0.15, -0.1) is 0 Å². The Morgan fingerprint density at radius 2 is 2.00 bits per heavy atom. The molecule has 0 aliphatic carbocycles. The second-order valence-corrected chi connectivity index (χ2v) is 3.04. The Balaban J connectivity index is 3.97. The Labute approximate surface area is 74.7 Å². The van der Waals surface area contributed by atoms with E-state index in [1.165, 1.54) is 7.05 Å². The number of rotatable bonds is 3. The second-order valence-electron chi connectivity index (χ2n) is 3.04. The zero-order chi connectivity index (χ0) is 10.6. The van der Waals surface area contributed by atoms with E-state index in [-0.39, 0.29) is 12.6 Å². The second kappa shape index (κ2) is 4.45. The summed E-state index contributed by atoms with van der Waals surface area (Å²) in [6, 6.07) is -0.317. The molecule has 1 atom stereocenters. The number of likely N-dealkylation sites (N-methyl/N-ethyl adjacent to an activating group) is 1. The lowest BCUT2D eigenvalue weighted by atomic mass is 10.3. The summed E-state index contributed by atoms with van der Waals surface area (Å²) in [6.07, 6.45) is -5.86. The van der Waals surface area contributed by atoms with Crippen LogP contribution in [-0.4, -0.2) is 36.6 Å². The van der Waals surface area contributed by atoms with E-state index in [1.54, 1.807) is 6.92 Å². The van der Waals surface area contributed by atoms with Crippen molar-refractivity contribution in [3.8, 4) is 0 Å². The smallest absolute Gasteiger partial charge is 0.344 e. The number of amides is 1. The molecule has 0 bridgehead atoms. The van der Waals surface area contributed by atoms with E-state index in [9.17, 15) is 18.0 Å². The standard InChI is InChI=1S/C7H13F3N2O/c1-5(11)4-12(2)6(13)3-7(8,9)10/h5H,3-4,11H2,1-2H3. The maximum absolute atomic E-state index is 11.7. The van der Waals surface area contributed by atoms with Gasteiger partial charge in [0.1, 0.15) is 6.42 Å². The summed E-state index contributed by atoms with van der Waals surface area (Å²) in [4.78, 5) is 11.8. The van der Waals surface area contributed by atoms with E-state index >= 15 is 0 Å². The number of carbonyl (C=O) groups is 1. The zero-order valence-corrected chi connectivity index (χ0v) is 7.56. The van der Waals surface area contributed by atoms with Gasteiger partial charge in [-0.05, 0) is 6.92 Å². The van der Waals surface area contributed by atoms with Gasteiger partial charge in [0.05, 0.1) is 0 Å². The summed E-state index contributed by atoms with van der Waals surface area (Å²) in [5, 5.41) is 0. The highest BCUT2D eigenvalue weighted by atomic mass is 19.4. The van der Waals surface area contributed by atoms with Crippen molar-refractivity contribution in [2.24, 2.45) is 5.73 Å². The Morgan fingerprint density at radius 1 is 1.54 bits per heavy atom. The van der Waals surface area contributed by atoms with E-state index in [1.807, 2.05) is 0 Å². The third kappa shape index (κ3) is 6.39. The normalized spacial score (nSPS) is 14.0. The van der Waals surface area contributed by atoms with Crippen LogP contribution in [0.3, 0.4) is 0 Å². The molecule has 0 heterocycles. The Bertz CT molecular complexity index is 179. The molecule has 0 rings (SSSR count). The van der Waals surface area contributed by atoms with Gasteiger partial charge in [0.25, 0.3) is 0 Å². The Morgan fingerprint density at radius 3 is 2.31 bits per heavy atom. The van der Waals surface area contributed by atoms with E-state index in [0.29, 0.717) is 0 Å². The van der Waals surface area contributed by atoms with E-state index in [4.69, 9.17) is 5.73 Å². The molecular formula is C7H13F3N2O. The lowest BCUT2D eigenvalue weighted by Crippen LogP contribution is -2.38. The van der Waals surface area contributed by atoms with Crippen LogP contribution in [0.25, 0.3) is 0 Å². The number of carbonyl (C=O) groups excluding carboxylic acids is 1. The molecule has 13 heavy (non-hydrogen) atoms. The number of halogens is 3. The number of nitrogens with two attached hydrogens (primary N) is 1. The molecule has 1 unspecified atom stereocenters. The largest absolute Gasteiger partial charge is 0.397 e. The van der Waals surface area contributed by atoms with Crippen molar-refractivity contribution >= 4 is 5.91 Å². The van der Waals surface area contributed by atoms with Gasteiger partial charge >= 0.3 is 6.18 Å². The van der Waals surface area contributed by atoms with Crippen molar-refractivity contribution in [3.63, 3.8) is 0 Å². The first kappa shape index (κ1) is 12.2. The minimum Gasteiger partial charge on any atom is -0.344 e. The van der Waals surface area contributed by atoms with E-state index < -0.39 is 18.5 Å². The van der Waals surface area contributed by atoms with Crippen molar-refractivity contribution in [2.75, 3.05) is 13.6 Å². The summed E-state index contributed by atoms with van der Waals surface area (Å²) in [7, 11) is 1.30. The number of alkyl halides is 3. The molecule has 78 valence electrons. The minimum atomic E-state index is -4.44. The molecule has 0 aliphatic heterocycles. The van der Waals surface area contributed by atoms with Gasteiger partial charge in [-0.2, -0.15) is 13.2 Å². The summed E-state index contributed by atoms with van der Waals surface area (Å²) < 4.78 is 35.2. The highest BCUT2D eigenvalue weighted by Crippen LogP contribution is 2.20. The van der Waals surface area contributed by atoms with Crippen LogP contribution in [0.15, 0.2) is 0 Å². The molecule has 0 fully saturated rings. The van der Waals surface area contributed by atoms with Crippen LogP contribution in [0.4, 0.5) is 13.2 Å². The average Bonchev–Trinajstić information content (AvgIpc) is 1.81.